The Morgan fingerprint density at radius 1 is 1.44 bits per heavy atom. The highest BCUT2D eigenvalue weighted by atomic mass is 35.5. The zero-order valence-electron chi connectivity index (χ0n) is 7.84. The maximum absolute atomic E-state index is 11.8. The van der Waals surface area contributed by atoms with Crippen molar-refractivity contribution < 1.29 is 22.7 Å². The Labute approximate surface area is 93.9 Å². The highest BCUT2D eigenvalue weighted by Crippen LogP contribution is 2.24. The maximum atomic E-state index is 11.8. The average molecular weight is 254 g/mol. The first-order valence-electron chi connectivity index (χ1n) is 4.08. The number of nitrogens with two attached hydrogens (primary N) is 1. The standard InChI is InChI=1S/C9H7ClF3NO2/c10-7-3-5(16-4-9(11,12)13)1-2-6(7)8(14)15/h1-3H,4H2,(H2,14,15). The van der Waals surface area contributed by atoms with E-state index in [1.807, 2.05) is 0 Å². The fraction of sp³-hybridized carbons (Fsp3) is 0.222. The molecule has 0 aliphatic heterocycles. The third-order valence-corrected chi connectivity index (χ3v) is 1.92. The minimum absolute atomic E-state index is 0.0287. The van der Waals surface area contributed by atoms with Gasteiger partial charge >= 0.3 is 6.18 Å². The molecular weight excluding hydrogens is 247 g/mol. The van der Waals surface area contributed by atoms with E-state index >= 15 is 0 Å². The zero-order chi connectivity index (χ0) is 12.3. The fourth-order valence-electron chi connectivity index (χ4n) is 0.951. The molecule has 0 atom stereocenters. The monoisotopic (exact) mass is 253 g/mol. The van der Waals surface area contributed by atoms with Crippen molar-refractivity contribution in [2.45, 2.75) is 6.18 Å². The average Bonchev–Trinajstić information content (AvgIpc) is 2.13. The van der Waals surface area contributed by atoms with Crippen molar-refractivity contribution in [2.75, 3.05) is 6.61 Å². The maximum Gasteiger partial charge on any atom is 0.422 e. The van der Waals surface area contributed by atoms with E-state index in [0.29, 0.717) is 0 Å². The van der Waals surface area contributed by atoms with Gasteiger partial charge < -0.3 is 10.5 Å². The second-order valence-electron chi connectivity index (χ2n) is 2.91. The summed E-state index contributed by atoms with van der Waals surface area (Å²) in [7, 11) is 0. The predicted molar refractivity (Wildman–Crippen MR) is 51.5 cm³/mol. The molecule has 0 saturated carbocycles. The third-order valence-electron chi connectivity index (χ3n) is 1.61. The van der Waals surface area contributed by atoms with Crippen LogP contribution in [0.2, 0.25) is 5.02 Å². The van der Waals surface area contributed by atoms with Crippen molar-refractivity contribution in [2.24, 2.45) is 5.73 Å². The van der Waals surface area contributed by atoms with E-state index in [-0.39, 0.29) is 16.3 Å². The van der Waals surface area contributed by atoms with Crippen LogP contribution in [0.15, 0.2) is 18.2 Å². The highest BCUT2D eigenvalue weighted by molar-refractivity contribution is 6.33. The lowest BCUT2D eigenvalue weighted by Crippen LogP contribution is -2.19. The molecule has 2 N–H and O–H groups in total. The molecule has 0 heterocycles. The van der Waals surface area contributed by atoms with Gasteiger partial charge in [0, 0.05) is 0 Å². The molecule has 0 fully saturated rings. The Bertz CT molecular complexity index is 406. The van der Waals surface area contributed by atoms with Crippen molar-refractivity contribution in [1.82, 2.24) is 0 Å². The van der Waals surface area contributed by atoms with E-state index in [4.69, 9.17) is 17.3 Å². The van der Waals surface area contributed by atoms with E-state index in [9.17, 15) is 18.0 Å². The minimum Gasteiger partial charge on any atom is -0.484 e. The van der Waals surface area contributed by atoms with Crippen LogP contribution < -0.4 is 10.5 Å². The number of carbonyl (C=O) groups is 1. The number of rotatable bonds is 3. The Kier molecular flexibility index (Phi) is 3.64. The summed E-state index contributed by atoms with van der Waals surface area (Å²) in [4.78, 5) is 10.8. The molecule has 0 spiro atoms. The Hall–Kier alpha value is -1.43. The number of halogens is 4. The van der Waals surface area contributed by atoms with Crippen LogP contribution in [0.3, 0.4) is 0 Å². The molecule has 0 unspecified atom stereocenters. The lowest BCUT2D eigenvalue weighted by molar-refractivity contribution is -0.153. The van der Waals surface area contributed by atoms with Crippen LogP contribution in [0, 0.1) is 0 Å². The van der Waals surface area contributed by atoms with Crippen LogP contribution in [0.1, 0.15) is 10.4 Å². The van der Waals surface area contributed by atoms with Gasteiger partial charge in [-0.25, -0.2) is 0 Å². The molecule has 88 valence electrons. The van der Waals surface area contributed by atoms with E-state index in [1.165, 1.54) is 12.1 Å². The number of ether oxygens (including phenoxy) is 1. The molecule has 0 bridgehead atoms. The summed E-state index contributed by atoms with van der Waals surface area (Å²) in [5.74, 6) is -0.834. The third kappa shape index (κ3) is 3.62. The summed E-state index contributed by atoms with van der Waals surface area (Å²) in [5, 5.41) is -0.0489. The molecule has 0 aliphatic carbocycles. The Morgan fingerprint density at radius 2 is 2.06 bits per heavy atom. The van der Waals surface area contributed by atoms with Gasteiger partial charge in [-0.15, -0.1) is 0 Å². The normalized spacial score (nSPS) is 11.2. The van der Waals surface area contributed by atoms with Gasteiger partial charge in [-0.1, -0.05) is 11.6 Å². The van der Waals surface area contributed by atoms with Crippen LogP contribution in [-0.4, -0.2) is 18.7 Å². The summed E-state index contributed by atoms with van der Waals surface area (Å²) >= 11 is 5.61. The lowest BCUT2D eigenvalue weighted by atomic mass is 10.2. The van der Waals surface area contributed by atoms with E-state index in [1.54, 1.807) is 0 Å². The van der Waals surface area contributed by atoms with Crippen molar-refractivity contribution in [3.8, 4) is 5.75 Å². The number of hydrogen-bond acceptors (Lipinski definition) is 2. The molecule has 1 aromatic carbocycles. The Morgan fingerprint density at radius 3 is 2.50 bits per heavy atom. The van der Waals surface area contributed by atoms with Crippen molar-refractivity contribution in [3.63, 3.8) is 0 Å². The van der Waals surface area contributed by atoms with Crippen molar-refractivity contribution >= 4 is 17.5 Å². The number of primary amides is 1. The molecule has 16 heavy (non-hydrogen) atoms. The molecule has 0 aliphatic rings. The van der Waals surface area contributed by atoms with Crippen LogP contribution in [0.25, 0.3) is 0 Å². The largest absolute Gasteiger partial charge is 0.484 e. The van der Waals surface area contributed by atoms with Gasteiger partial charge in [0.05, 0.1) is 10.6 Å². The molecule has 0 saturated heterocycles. The van der Waals surface area contributed by atoms with Gasteiger partial charge in [0.15, 0.2) is 6.61 Å². The molecule has 3 nitrogen and oxygen atoms in total. The first-order valence-corrected chi connectivity index (χ1v) is 4.46. The topological polar surface area (TPSA) is 52.3 Å². The summed E-state index contributed by atoms with van der Waals surface area (Å²) < 4.78 is 39.9. The van der Waals surface area contributed by atoms with Crippen LogP contribution in [0.5, 0.6) is 5.75 Å². The number of benzene rings is 1. The van der Waals surface area contributed by atoms with Gasteiger partial charge in [0.1, 0.15) is 5.75 Å². The van der Waals surface area contributed by atoms with Gasteiger partial charge in [-0.3, -0.25) is 4.79 Å². The molecule has 7 heteroatoms. The van der Waals surface area contributed by atoms with Gasteiger partial charge in [-0.2, -0.15) is 13.2 Å². The number of hydrogen-bond donors (Lipinski definition) is 1. The predicted octanol–water partition coefficient (Wildman–Crippen LogP) is 2.38. The number of amides is 1. The second-order valence-corrected chi connectivity index (χ2v) is 3.32. The SMILES string of the molecule is NC(=O)c1ccc(OCC(F)(F)F)cc1Cl. The highest BCUT2D eigenvalue weighted by Gasteiger charge is 2.28. The zero-order valence-corrected chi connectivity index (χ0v) is 8.60. The summed E-state index contributed by atoms with van der Waals surface area (Å²) in [5.41, 5.74) is 4.99. The minimum atomic E-state index is -4.42. The molecule has 0 aromatic heterocycles. The Balaban J connectivity index is 2.78. The molecule has 1 aromatic rings. The molecular formula is C9H7ClF3NO2. The van der Waals surface area contributed by atoms with Crippen molar-refractivity contribution in [3.05, 3.63) is 28.8 Å². The first kappa shape index (κ1) is 12.6. The van der Waals surface area contributed by atoms with Gasteiger partial charge in [0.2, 0.25) is 5.91 Å². The van der Waals surface area contributed by atoms with Gasteiger partial charge in [-0.05, 0) is 18.2 Å². The van der Waals surface area contributed by atoms with E-state index in [2.05, 4.69) is 4.74 Å². The van der Waals surface area contributed by atoms with Gasteiger partial charge in [0.25, 0.3) is 0 Å². The van der Waals surface area contributed by atoms with E-state index in [0.717, 1.165) is 6.07 Å². The smallest absolute Gasteiger partial charge is 0.422 e. The summed E-state index contributed by atoms with van der Waals surface area (Å²) in [6.07, 6.45) is -4.42. The number of alkyl halides is 3. The quantitative estimate of drug-likeness (QED) is 0.899. The first-order chi connectivity index (χ1) is 7.29. The fourth-order valence-corrected chi connectivity index (χ4v) is 1.21. The number of carbonyl (C=O) groups excluding carboxylic acids is 1. The van der Waals surface area contributed by atoms with Crippen molar-refractivity contribution in [1.29, 1.82) is 0 Å². The lowest BCUT2D eigenvalue weighted by Gasteiger charge is -2.09. The molecule has 1 rings (SSSR count). The molecule has 1 amide bonds. The van der Waals surface area contributed by atoms with Crippen LogP contribution in [-0.2, 0) is 0 Å². The summed E-state index contributed by atoms with van der Waals surface area (Å²) in [6, 6.07) is 3.50. The van der Waals surface area contributed by atoms with E-state index < -0.39 is 18.7 Å². The van der Waals surface area contributed by atoms with Crippen LogP contribution >= 0.6 is 11.6 Å². The molecule has 0 radical (unpaired) electrons. The summed E-state index contributed by atoms with van der Waals surface area (Å²) in [6.45, 7) is -1.42. The van der Waals surface area contributed by atoms with Crippen LogP contribution in [0.4, 0.5) is 13.2 Å². The second kappa shape index (κ2) is 4.61.